The minimum Gasteiger partial charge on any atom is -0.450 e. The predicted molar refractivity (Wildman–Crippen MR) is 573 cm³/mol. The van der Waals surface area contributed by atoms with Crippen LogP contribution in [-0.4, -0.2) is 48.6 Å². The van der Waals surface area contributed by atoms with Crippen molar-refractivity contribution in [3.8, 4) is 107 Å². The molecule has 28 aromatic rings. The standard InChI is InChI=1S/C47H33N3.C42H25N3S.C37H22N4O/c1-47(2)40-28-36(32-23-21-31(22-24-32)30-13-5-3-6-14-30)25-26-38(40)44-45(47)49-46(43(48-44)33-15-7-4-8-16-33)50-41-20-12-11-19-37(41)39-27-34-17-9-10-18-35(34)29-42(39)50;1-2-11-27(12-3-1)39-41(45-36-17-9-8-16-33(36)35-23-29-14-6-7-15-30(29)24-37(35)45)44-42-40(43-39)34-21-20-32(25-38(34)46-42)31-19-18-26-10-4-5-13-28(26)22-31;1-2-8-24(9-3-1)36-39-34-29-15-14-27(23-16-18-38-19-17-23)22-33(29)42-35(34)37(40-36)41-31-13-7-6-12-28(31)30-20-25-10-4-5-11-26(25)21-32(30)41/h3-29H,1-2H3;1-25H;1-22H. The van der Waals surface area contributed by atoms with Crippen molar-refractivity contribution < 1.29 is 4.42 Å². The zero-order valence-corrected chi connectivity index (χ0v) is 75.8. The Morgan fingerprint density at radius 1 is 0.246 bits per heavy atom. The summed E-state index contributed by atoms with van der Waals surface area (Å²) in [7, 11) is 0. The van der Waals surface area contributed by atoms with Gasteiger partial charge in [0.05, 0.1) is 44.5 Å². The summed E-state index contributed by atoms with van der Waals surface area (Å²) in [6.07, 6.45) is 3.61. The molecule has 9 heterocycles. The summed E-state index contributed by atoms with van der Waals surface area (Å²) in [5.74, 6) is 3.09. The van der Waals surface area contributed by atoms with E-state index in [1.165, 1.54) is 119 Å². The number of nitrogens with zero attached hydrogens (tertiary/aromatic N) is 10. The summed E-state index contributed by atoms with van der Waals surface area (Å²) < 4.78 is 14.8. The first-order valence-corrected chi connectivity index (χ1v) is 47.5. The normalized spacial score (nSPS) is 12.3. The Morgan fingerprint density at radius 3 is 1.20 bits per heavy atom. The fourth-order valence-electron chi connectivity index (χ4n) is 21.0. The van der Waals surface area contributed by atoms with Crippen LogP contribution in [-0.2, 0) is 5.41 Å². The van der Waals surface area contributed by atoms with Crippen LogP contribution in [0.15, 0.2) is 454 Å². The minimum atomic E-state index is -0.354. The lowest BCUT2D eigenvalue weighted by atomic mass is 9.84. The summed E-state index contributed by atoms with van der Waals surface area (Å²) >= 11 is 1.72. The highest BCUT2D eigenvalue weighted by molar-refractivity contribution is 7.25. The molecular weight excluding hydrogens is 1700 g/mol. The van der Waals surface area contributed by atoms with Crippen LogP contribution in [0.1, 0.15) is 25.1 Å². The summed E-state index contributed by atoms with van der Waals surface area (Å²) in [6, 6.07) is 155. The van der Waals surface area contributed by atoms with Crippen LogP contribution >= 0.6 is 11.3 Å². The number of para-hydroxylation sites is 3. The number of pyridine rings is 1. The Balaban J connectivity index is 0.000000105. The van der Waals surface area contributed by atoms with Gasteiger partial charge in [-0.3, -0.25) is 18.7 Å². The van der Waals surface area contributed by atoms with E-state index < -0.39 is 0 Å². The fraction of sp³-hybridized carbons (Fsp3) is 0.0238. The van der Waals surface area contributed by atoms with Gasteiger partial charge in [-0.05, 0) is 190 Å². The van der Waals surface area contributed by atoms with Crippen LogP contribution in [0.25, 0.3) is 258 Å². The van der Waals surface area contributed by atoms with Gasteiger partial charge < -0.3 is 4.42 Å². The zero-order valence-electron chi connectivity index (χ0n) is 75.0. The van der Waals surface area contributed by atoms with Crippen LogP contribution in [0.3, 0.4) is 0 Å². The number of hydrogen-bond acceptors (Lipinski definition) is 9. The highest BCUT2D eigenvalue weighted by Gasteiger charge is 2.41. The molecule has 1 aliphatic carbocycles. The fourth-order valence-corrected chi connectivity index (χ4v) is 22.0. The topological polar surface area (TPSA) is 118 Å². The Bertz CT molecular complexity index is 9810. The maximum absolute atomic E-state index is 6.68. The van der Waals surface area contributed by atoms with Crippen molar-refractivity contribution in [2.24, 2.45) is 0 Å². The SMILES string of the molecule is CC1(C)c2cc(-c3ccc(-c4ccccc4)cc3)ccc2-c2nc(-c3ccccc3)c(-n3c4ccccc4c4cc5ccccc5cc43)nc21.c1ccc(-c2nc(-n3c4ccccc4c4cc5ccccc5cc43)c3oc4cc(-c5ccncc5)ccc4c3n2)cc1.c1ccc(-c2nc3c(nc2-n2c4ccccc4c4cc5ccccc5cc42)sc2cc(-c4ccc5ccccc5c4)ccc23)cc1. The van der Waals surface area contributed by atoms with Gasteiger partial charge in [-0.15, -0.1) is 11.3 Å². The van der Waals surface area contributed by atoms with Crippen molar-refractivity contribution in [1.29, 1.82) is 0 Å². The van der Waals surface area contributed by atoms with Gasteiger partial charge in [0.25, 0.3) is 0 Å². The van der Waals surface area contributed by atoms with Crippen LogP contribution in [0.4, 0.5) is 0 Å². The van der Waals surface area contributed by atoms with E-state index in [2.05, 4.69) is 427 Å². The van der Waals surface area contributed by atoms with Gasteiger partial charge in [0.2, 0.25) is 0 Å². The van der Waals surface area contributed by atoms with E-state index in [9.17, 15) is 0 Å². The lowest BCUT2D eigenvalue weighted by Gasteiger charge is -2.22. The molecule has 646 valence electrons. The Morgan fingerprint density at radius 2 is 0.645 bits per heavy atom. The molecule has 19 aromatic carbocycles. The molecule has 0 radical (unpaired) electrons. The molecule has 0 fully saturated rings. The molecule has 12 heteroatoms. The smallest absolute Gasteiger partial charge is 0.197 e. The number of aromatic nitrogens is 10. The van der Waals surface area contributed by atoms with Crippen molar-refractivity contribution in [3.63, 3.8) is 0 Å². The molecule has 0 bridgehead atoms. The molecule has 1 aliphatic rings. The minimum absolute atomic E-state index is 0.354. The molecule has 11 nitrogen and oxygen atoms in total. The Kier molecular flexibility index (Phi) is 18.6. The Labute approximate surface area is 796 Å². The zero-order chi connectivity index (χ0) is 91.2. The molecule has 138 heavy (non-hydrogen) atoms. The lowest BCUT2D eigenvalue weighted by molar-refractivity contribution is 0.633. The first kappa shape index (κ1) is 79.7. The highest BCUT2D eigenvalue weighted by atomic mass is 32.1. The number of furan rings is 1. The molecule has 0 saturated carbocycles. The molecule has 0 aliphatic heterocycles. The monoisotopic (exact) mass is 1780 g/mol. The van der Waals surface area contributed by atoms with E-state index in [4.69, 9.17) is 34.3 Å². The van der Waals surface area contributed by atoms with Gasteiger partial charge in [-0.1, -0.05) is 354 Å². The lowest BCUT2D eigenvalue weighted by Crippen LogP contribution is -2.19. The molecule has 29 rings (SSSR count). The van der Waals surface area contributed by atoms with Crippen LogP contribution < -0.4 is 0 Å². The Hall–Kier alpha value is -18.0. The van der Waals surface area contributed by atoms with Gasteiger partial charge in [0, 0.05) is 87.9 Å². The third-order valence-corrected chi connectivity index (χ3v) is 28.8. The van der Waals surface area contributed by atoms with Crippen molar-refractivity contribution in [1.82, 2.24) is 48.6 Å². The predicted octanol–water partition coefficient (Wildman–Crippen LogP) is 33.0. The number of hydrogen-bond donors (Lipinski definition) is 0. The summed E-state index contributed by atoms with van der Waals surface area (Å²) in [6.45, 7) is 4.58. The first-order valence-electron chi connectivity index (χ1n) is 46.7. The number of benzene rings is 19. The van der Waals surface area contributed by atoms with Gasteiger partial charge in [0.1, 0.15) is 32.8 Å². The third kappa shape index (κ3) is 13.3. The van der Waals surface area contributed by atoms with Gasteiger partial charge >= 0.3 is 0 Å². The van der Waals surface area contributed by atoms with Crippen molar-refractivity contribution in [2.45, 2.75) is 19.3 Å². The van der Waals surface area contributed by atoms with E-state index in [1.807, 2.05) is 42.5 Å². The largest absolute Gasteiger partial charge is 0.450 e. The van der Waals surface area contributed by atoms with E-state index in [0.717, 1.165) is 139 Å². The van der Waals surface area contributed by atoms with Gasteiger partial charge in [0.15, 0.2) is 28.9 Å². The molecule has 9 aromatic heterocycles. The average Bonchev–Trinajstić information content (AvgIpc) is 1.56. The number of thiophene rings is 1. The van der Waals surface area contributed by atoms with Gasteiger partial charge in [-0.2, -0.15) is 0 Å². The number of fused-ring (bicyclic) bond motifs is 22. The maximum Gasteiger partial charge on any atom is 0.197 e. The molecular formula is C126H80N10OS. The molecule has 0 amide bonds. The van der Waals surface area contributed by atoms with Crippen LogP contribution in [0.5, 0.6) is 0 Å². The van der Waals surface area contributed by atoms with Crippen LogP contribution in [0, 0.1) is 0 Å². The quantitative estimate of drug-likeness (QED) is 0.133. The summed E-state index contributed by atoms with van der Waals surface area (Å²) in [4.78, 5) is 37.6. The number of rotatable bonds is 10. The van der Waals surface area contributed by atoms with Gasteiger partial charge in [-0.25, -0.2) is 29.9 Å². The highest BCUT2D eigenvalue weighted by Crippen LogP contribution is 2.52. The van der Waals surface area contributed by atoms with Crippen LogP contribution in [0.2, 0.25) is 0 Å². The molecule has 0 atom stereocenters. The first-order chi connectivity index (χ1) is 68.1. The third-order valence-electron chi connectivity index (χ3n) is 27.8. The second kappa shape index (κ2) is 32.2. The summed E-state index contributed by atoms with van der Waals surface area (Å²) in [5, 5.41) is 19.0. The molecule has 0 N–H and O–H groups in total. The molecule has 0 spiro atoms. The van der Waals surface area contributed by atoms with Crippen molar-refractivity contribution in [2.75, 3.05) is 0 Å². The van der Waals surface area contributed by atoms with E-state index in [1.54, 1.807) is 23.7 Å². The van der Waals surface area contributed by atoms with Crippen molar-refractivity contribution >= 4 is 162 Å². The second-order valence-corrected chi connectivity index (χ2v) is 37.3. The summed E-state index contributed by atoms with van der Waals surface area (Å²) in [5.41, 5.74) is 28.0. The van der Waals surface area contributed by atoms with Crippen molar-refractivity contribution in [3.05, 3.63) is 460 Å². The van der Waals surface area contributed by atoms with E-state index >= 15 is 0 Å². The van der Waals surface area contributed by atoms with E-state index in [-0.39, 0.29) is 5.41 Å². The molecule has 0 unspecified atom stereocenters. The van der Waals surface area contributed by atoms with E-state index in [0.29, 0.717) is 11.4 Å². The molecule has 0 saturated heterocycles. The average molecular weight is 1780 g/mol. The second-order valence-electron chi connectivity index (χ2n) is 36.2. The maximum atomic E-state index is 6.68.